The second-order valence-corrected chi connectivity index (χ2v) is 17.3. The summed E-state index contributed by atoms with van der Waals surface area (Å²) >= 11 is 7.56. The number of halogens is 2. The largest absolute Gasteiger partial charge is 0.474 e. The van der Waals surface area contributed by atoms with Crippen molar-refractivity contribution in [1.29, 1.82) is 0 Å². The fraction of sp³-hybridized carbons (Fsp3) is 0.815. The van der Waals surface area contributed by atoms with Crippen molar-refractivity contribution >= 4 is 58.0 Å². The van der Waals surface area contributed by atoms with Gasteiger partial charge >= 0.3 is 5.90 Å². The molecule has 0 aromatic carbocycles. The highest BCUT2D eigenvalue weighted by molar-refractivity contribution is 9.09. The Bertz CT molecular complexity index is 1240. The standard InChI is InChI=1S/C27H42Br2N2O8S2/c1-2-19(15-26-30(11-3-5-13-40(32,33)34)22-17-20(28)7-9-24(22)38-26)16-27-31(12-4-6-14-41(35,36)37)23-18-21(29)8-10-25(23)39-27/h15-16,20-25H,2-14,17-18H2,1H3,(H-,32,33,34,35,36,37)/p+1. The Balaban J connectivity index is 1.56. The molecule has 3 fully saturated rings. The highest BCUT2D eigenvalue weighted by Crippen LogP contribution is 2.39. The lowest BCUT2D eigenvalue weighted by Crippen LogP contribution is -2.40. The lowest BCUT2D eigenvalue weighted by Gasteiger charge is -2.32. The first-order chi connectivity index (χ1) is 19.3. The Hall–Kier alpha value is -0.670. The fourth-order valence-corrected chi connectivity index (χ4v) is 8.76. The molecule has 1 saturated heterocycles. The molecule has 234 valence electrons. The molecule has 2 N–H and O–H groups in total. The number of alkyl halides is 2. The average molecular weight is 748 g/mol. The molecule has 0 spiro atoms. The van der Waals surface area contributed by atoms with Gasteiger partial charge in [-0.05, 0) is 63.4 Å². The maximum atomic E-state index is 11.2. The van der Waals surface area contributed by atoms with E-state index in [0.29, 0.717) is 48.4 Å². The van der Waals surface area contributed by atoms with Crippen LogP contribution in [0.1, 0.15) is 77.6 Å². The van der Waals surface area contributed by atoms with Crippen molar-refractivity contribution in [2.75, 3.05) is 24.6 Å². The van der Waals surface area contributed by atoms with Crippen LogP contribution < -0.4 is 0 Å². The van der Waals surface area contributed by atoms with E-state index >= 15 is 0 Å². The normalized spacial score (nSPS) is 31.7. The molecule has 0 aromatic heterocycles. The van der Waals surface area contributed by atoms with Crippen molar-refractivity contribution in [2.24, 2.45) is 0 Å². The van der Waals surface area contributed by atoms with Crippen LogP contribution in [0.4, 0.5) is 0 Å². The van der Waals surface area contributed by atoms with Gasteiger partial charge in [0.2, 0.25) is 0 Å². The molecule has 2 heterocycles. The zero-order valence-electron chi connectivity index (χ0n) is 23.5. The summed E-state index contributed by atoms with van der Waals surface area (Å²) in [5.41, 5.74) is 1.05. The van der Waals surface area contributed by atoms with E-state index in [1.807, 2.05) is 0 Å². The number of nitrogens with zero attached hydrogens (tertiary/aromatic N) is 2. The minimum Gasteiger partial charge on any atom is -0.474 e. The SMILES string of the molecule is CCC(=CC1=[N+](CCCCS(=O)(=O)O)C2CC(Br)CCC2O1)C=C1OC2CCC(Br)CC2N1CCCCS(=O)(=O)O. The minimum absolute atomic E-state index is 0.0862. The number of fused-ring (bicyclic) bond motifs is 2. The third kappa shape index (κ3) is 9.66. The van der Waals surface area contributed by atoms with Gasteiger partial charge in [-0.25, -0.2) is 0 Å². The first kappa shape index (κ1) is 33.2. The molecule has 4 aliphatic rings. The van der Waals surface area contributed by atoms with E-state index in [1.54, 1.807) is 0 Å². The molecule has 2 saturated carbocycles. The lowest BCUT2D eigenvalue weighted by molar-refractivity contribution is -0.561. The zero-order chi connectivity index (χ0) is 29.8. The van der Waals surface area contributed by atoms with Gasteiger partial charge in [-0.3, -0.25) is 9.11 Å². The minimum atomic E-state index is -3.98. The van der Waals surface area contributed by atoms with Gasteiger partial charge in [-0.15, -0.1) is 0 Å². The highest BCUT2D eigenvalue weighted by Gasteiger charge is 2.46. The van der Waals surface area contributed by atoms with Gasteiger partial charge in [0.1, 0.15) is 12.6 Å². The summed E-state index contributed by atoms with van der Waals surface area (Å²) in [6.45, 7) is 3.37. The van der Waals surface area contributed by atoms with Gasteiger partial charge in [0.25, 0.3) is 20.2 Å². The van der Waals surface area contributed by atoms with Gasteiger partial charge in [0.15, 0.2) is 18.0 Å². The Labute approximate surface area is 261 Å². The van der Waals surface area contributed by atoms with E-state index in [2.05, 4.69) is 60.4 Å². The van der Waals surface area contributed by atoms with Crippen LogP contribution in [0.2, 0.25) is 0 Å². The second-order valence-electron chi connectivity index (χ2n) is 11.5. The average Bonchev–Trinajstić information content (AvgIpc) is 3.39. The molecule has 0 amide bonds. The third-order valence-corrected chi connectivity index (χ3v) is 11.7. The number of unbranched alkanes of at least 4 members (excludes halogenated alkanes) is 2. The predicted octanol–water partition coefficient (Wildman–Crippen LogP) is 4.64. The van der Waals surface area contributed by atoms with Crippen LogP contribution >= 0.6 is 31.9 Å². The van der Waals surface area contributed by atoms with Gasteiger partial charge in [-0.1, -0.05) is 38.8 Å². The van der Waals surface area contributed by atoms with Crippen molar-refractivity contribution in [3.8, 4) is 0 Å². The fourth-order valence-electron chi connectivity index (χ4n) is 6.32. The van der Waals surface area contributed by atoms with Crippen LogP contribution in [-0.4, -0.2) is 99.9 Å². The predicted molar refractivity (Wildman–Crippen MR) is 165 cm³/mol. The van der Waals surface area contributed by atoms with Crippen molar-refractivity contribution in [2.45, 2.75) is 111 Å². The van der Waals surface area contributed by atoms with Crippen LogP contribution in [0, 0.1) is 0 Å². The summed E-state index contributed by atoms with van der Waals surface area (Å²) in [6.07, 6.45) is 12.9. The van der Waals surface area contributed by atoms with E-state index in [1.165, 1.54) is 0 Å². The van der Waals surface area contributed by atoms with Crippen LogP contribution in [-0.2, 0) is 29.7 Å². The molecule has 0 bridgehead atoms. The van der Waals surface area contributed by atoms with Gasteiger partial charge < -0.3 is 14.4 Å². The molecule has 10 nitrogen and oxygen atoms in total. The molecule has 4 rings (SSSR count). The smallest absolute Gasteiger partial charge is 0.363 e. The molecule has 2 aliphatic heterocycles. The Morgan fingerprint density at radius 3 is 2.22 bits per heavy atom. The maximum Gasteiger partial charge on any atom is 0.363 e. The van der Waals surface area contributed by atoms with Crippen molar-refractivity contribution in [3.63, 3.8) is 0 Å². The molecule has 2 aliphatic carbocycles. The summed E-state index contributed by atoms with van der Waals surface area (Å²) in [5.74, 6) is 1.09. The molecule has 14 heteroatoms. The van der Waals surface area contributed by atoms with E-state index in [4.69, 9.17) is 18.6 Å². The third-order valence-electron chi connectivity index (χ3n) is 8.42. The molecule has 0 radical (unpaired) electrons. The van der Waals surface area contributed by atoms with Crippen molar-refractivity contribution in [1.82, 2.24) is 4.90 Å². The number of rotatable bonds is 13. The molecular formula is C27H43Br2N2O8S2+. The Morgan fingerprint density at radius 2 is 1.56 bits per heavy atom. The number of hydrogen-bond donors (Lipinski definition) is 2. The van der Waals surface area contributed by atoms with Gasteiger partial charge in [0, 0.05) is 35.1 Å². The van der Waals surface area contributed by atoms with Gasteiger partial charge in [-0.2, -0.15) is 21.4 Å². The van der Waals surface area contributed by atoms with E-state index in [0.717, 1.165) is 62.3 Å². The molecule has 41 heavy (non-hydrogen) atoms. The van der Waals surface area contributed by atoms with Crippen LogP contribution in [0.25, 0.3) is 0 Å². The van der Waals surface area contributed by atoms with Crippen LogP contribution in [0.5, 0.6) is 0 Å². The van der Waals surface area contributed by atoms with Crippen LogP contribution in [0.3, 0.4) is 0 Å². The summed E-state index contributed by atoms with van der Waals surface area (Å²) in [4.78, 5) is 3.08. The molecule has 6 atom stereocenters. The van der Waals surface area contributed by atoms with Crippen molar-refractivity contribution < 1.29 is 40.0 Å². The summed E-state index contributed by atoms with van der Waals surface area (Å²) < 4.78 is 78.3. The van der Waals surface area contributed by atoms with E-state index in [-0.39, 0.29) is 35.8 Å². The zero-order valence-corrected chi connectivity index (χ0v) is 28.3. The monoisotopic (exact) mass is 745 g/mol. The Kier molecular flexibility index (Phi) is 11.7. The number of hydrogen-bond acceptors (Lipinski definition) is 7. The summed E-state index contributed by atoms with van der Waals surface area (Å²) in [5, 5.41) is 0. The topological polar surface area (TPSA) is 133 Å². The molecular weight excluding hydrogens is 704 g/mol. The summed E-state index contributed by atoms with van der Waals surface area (Å²) in [7, 11) is -7.97. The molecule has 6 unspecified atom stereocenters. The number of allylic oxidation sites excluding steroid dienone is 2. The van der Waals surface area contributed by atoms with E-state index < -0.39 is 20.2 Å². The quantitative estimate of drug-likeness (QED) is 0.120. The van der Waals surface area contributed by atoms with Crippen LogP contribution in [0.15, 0.2) is 23.6 Å². The van der Waals surface area contributed by atoms with Gasteiger partial charge in [0.05, 0.1) is 23.6 Å². The number of ether oxygens (including phenoxy) is 2. The van der Waals surface area contributed by atoms with Crippen molar-refractivity contribution in [3.05, 3.63) is 23.6 Å². The lowest BCUT2D eigenvalue weighted by atomic mass is 9.92. The first-order valence-electron chi connectivity index (χ1n) is 14.7. The molecule has 0 aromatic rings. The summed E-state index contributed by atoms with van der Waals surface area (Å²) in [6, 6.07) is 0.410. The maximum absolute atomic E-state index is 11.2. The second kappa shape index (κ2) is 14.4. The van der Waals surface area contributed by atoms with E-state index in [9.17, 15) is 16.8 Å². The first-order valence-corrected chi connectivity index (χ1v) is 19.7. The Morgan fingerprint density at radius 1 is 0.927 bits per heavy atom. The highest BCUT2D eigenvalue weighted by atomic mass is 79.9.